The first-order valence-corrected chi connectivity index (χ1v) is 7.54. The molecule has 0 unspecified atom stereocenters. The van der Waals surface area contributed by atoms with Crippen molar-refractivity contribution in [2.75, 3.05) is 0 Å². The van der Waals surface area contributed by atoms with Crippen LogP contribution >= 0.6 is 0 Å². The highest BCUT2D eigenvalue weighted by atomic mass is 19.1. The van der Waals surface area contributed by atoms with Gasteiger partial charge in [-0.05, 0) is 42.3 Å². The predicted octanol–water partition coefficient (Wildman–Crippen LogP) is 3.80. The lowest BCUT2D eigenvalue weighted by Gasteiger charge is -2.17. The number of aldehydes is 2. The highest BCUT2D eigenvalue weighted by Gasteiger charge is 2.22. The van der Waals surface area contributed by atoms with Crippen molar-refractivity contribution in [3.8, 4) is 0 Å². The van der Waals surface area contributed by atoms with Gasteiger partial charge in [0.2, 0.25) is 0 Å². The molecular weight excluding hydrogens is 326 g/mol. The van der Waals surface area contributed by atoms with Crippen LogP contribution in [0.1, 0.15) is 49.3 Å². The maximum atomic E-state index is 13.7. The fourth-order valence-electron chi connectivity index (χ4n) is 2.75. The zero-order valence-corrected chi connectivity index (χ0v) is 13.3. The van der Waals surface area contributed by atoms with Gasteiger partial charge in [0.1, 0.15) is 17.5 Å². The summed E-state index contributed by atoms with van der Waals surface area (Å²) in [6.07, 6.45) is 2.51. The molecule has 0 fully saturated rings. The minimum absolute atomic E-state index is 0.0801. The number of nitrogens with one attached hydrogen (secondary N) is 1. The number of benzene rings is 2. The van der Waals surface area contributed by atoms with Crippen molar-refractivity contribution in [3.05, 3.63) is 88.0 Å². The van der Waals surface area contributed by atoms with Crippen LogP contribution in [0.2, 0.25) is 0 Å². The van der Waals surface area contributed by atoms with E-state index in [0.29, 0.717) is 29.5 Å². The first-order valence-electron chi connectivity index (χ1n) is 7.54. The Labute approximate surface area is 142 Å². The summed E-state index contributed by atoms with van der Waals surface area (Å²) in [6, 6.07) is 8.32. The lowest BCUT2D eigenvalue weighted by Crippen LogP contribution is -2.08. The number of hydrogen-bond donors (Lipinski definition) is 1. The second-order valence-electron chi connectivity index (χ2n) is 5.68. The van der Waals surface area contributed by atoms with Crippen LogP contribution in [0.4, 0.5) is 8.78 Å². The standard InChI is InChI=1S/C19H14F2N2O2/c1-11-8-22-19(23-11)18(12-2-4-16(20)14(6-12)9-24)13-3-5-17(21)15(7-13)10-25/h2-10,18H,1H3,(H,22,23). The van der Waals surface area contributed by atoms with Gasteiger partial charge in [-0.25, -0.2) is 13.8 Å². The minimum Gasteiger partial charge on any atom is -0.345 e. The van der Waals surface area contributed by atoms with Gasteiger partial charge in [-0.3, -0.25) is 9.59 Å². The molecule has 3 rings (SSSR count). The van der Waals surface area contributed by atoms with Gasteiger partial charge in [0.15, 0.2) is 12.6 Å². The summed E-state index contributed by atoms with van der Waals surface area (Å²) >= 11 is 0. The number of aromatic nitrogens is 2. The first kappa shape index (κ1) is 16.7. The number of aryl methyl sites for hydroxylation is 1. The van der Waals surface area contributed by atoms with Gasteiger partial charge in [0, 0.05) is 11.9 Å². The van der Waals surface area contributed by atoms with E-state index in [1.54, 1.807) is 6.20 Å². The number of aromatic amines is 1. The molecule has 25 heavy (non-hydrogen) atoms. The van der Waals surface area contributed by atoms with Crippen LogP contribution in [0.5, 0.6) is 0 Å². The fraction of sp³-hybridized carbons (Fsp3) is 0.105. The lowest BCUT2D eigenvalue weighted by molar-refractivity contribution is 0.111. The second kappa shape index (κ2) is 6.76. The summed E-state index contributed by atoms with van der Waals surface area (Å²) in [6.45, 7) is 1.83. The Balaban J connectivity index is 2.20. The van der Waals surface area contributed by atoms with Gasteiger partial charge >= 0.3 is 0 Å². The van der Waals surface area contributed by atoms with Gasteiger partial charge in [-0.1, -0.05) is 12.1 Å². The number of carbonyl (C=O) groups is 2. The SMILES string of the molecule is Cc1cnc(C(c2ccc(F)c(C=O)c2)c2ccc(F)c(C=O)c2)[nH]1. The van der Waals surface area contributed by atoms with Crippen LogP contribution in [-0.2, 0) is 0 Å². The van der Waals surface area contributed by atoms with E-state index < -0.39 is 17.6 Å². The Kier molecular flexibility index (Phi) is 4.52. The van der Waals surface area contributed by atoms with Gasteiger partial charge in [-0.15, -0.1) is 0 Å². The van der Waals surface area contributed by atoms with E-state index in [4.69, 9.17) is 0 Å². The molecule has 0 saturated carbocycles. The average molecular weight is 340 g/mol. The molecule has 0 radical (unpaired) electrons. The third-order valence-corrected chi connectivity index (χ3v) is 3.96. The molecule has 1 heterocycles. The smallest absolute Gasteiger partial charge is 0.153 e. The number of imidazole rings is 1. The molecular formula is C19H14F2N2O2. The van der Waals surface area contributed by atoms with E-state index in [2.05, 4.69) is 9.97 Å². The van der Waals surface area contributed by atoms with E-state index in [-0.39, 0.29) is 11.1 Å². The maximum absolute atomic E-state index is 13.7. The van der Waals surface area contributed by atoms with Crippen molar-refractivity contribution in [2.45, 2.75) is 12.8 Å². The van der Waals surface area contributed by atoms with Gasteiger partial charge < -0.3 is 4.98 Å². The van der Waals surface area contributed by atoms with Crippen LogP contribution in [0.15, 0.2) is 42.6 Å². The van der Waals surface area contributed by atoms with E-state index in [1.165, 1.54) is 36.4 Å². The highest BCUT2D eigenvalue weighted by molar-refractivity contribution is 5.77. The fourth-order valence-corrected chi connectivity index (χ4v) is 2.75. The molecule has 2 aromatic carbocycles. The summed E-state index contributed by atoms with van der Waals surface area (Å²) in [4.78, 5) is 29.5. The monoisotopic (exact) mass is 340 g/mol. The number of H-pyrrole nitrogens is 1. The predicted molar refractivity (Wildman–Crippen MR) is 87.8 cm³/mol. The van der Waals surface area contributed by atoms with Crippen LogP contribution in [0.25, 0.3) is 0 Å². The Bertz CT molecular complexity index is 893. The number of carbonyl (C=O) groups excluding carboxylic acids is 2. The lowest BCUT2D eigenvalue weighted by atomic mass is 9.88. The molecule has 0 spiro atoms. The van der Waals surface area contributed by atoms with E-state index in [1.807, 2.05) is 6.92 Å². The zero-order chi connectivity index (χ0) is 18.0. The third kappa shape index (κ3) is 3.24. The summed E-state index contributed by atoms with van der Waals surface area (Å²) in [5.74, 6) is -1.21. The summed E-state index contributed by atoms with van der Waals surface area (Å²) in [5, 5.41) is 0. The van der Waals surface area contributed by atoms with Gasteiger partial charge in [0.05, 0.1) is 17.0 Å². The molecule has 1 N–H and O–H groups in total. The summed E-state index contributed by atoms with van der Waals surface area (Å²) < 4.78 is 27.3. The molecule has 0 saturated heterocycles. The Hall–Kier alpha value is -3.15. The first-order chi connectivity index (χ1) is 12.0. The van der Waals surface area contributed by atoms with Gasteiger partial charge in [0.25, 0.3) is 0 Å². The molecule has 4 nitrogen and oxygen atoms in total. The molecule has 0 bridgehead atoms. The molecule has 3 aromatic rings. The third-order valence-electron chi connectivity index (χ3n) is 3.96. The van der Waals surface area contributed by atoms with Crippen molar-refractivity contribution >= 4 is 12.6 Å². The van der Waals surface area contributed by atoms with Crippen molar-refractivity contribution < 1.29 is 18.4 Å². The number of rotatable bonds is 5. The van der Waals surface area contributed by atoms with E-state index in [9.17, 15) is 18.4 Å². The molecule has 0 aliphatic heterocycles. The Morgan fingerprint density at radius 1 is 0.960 bits per heavy atom. The number of hydrogen-bond acceptors (Lipinski definition) is 3. The van der Waals surface area contributed by atoms with Crippen molar-refractivity contribution in [3.63, 3.8) is 0 Å². The Morgan fingerprint density at radius 2 is 1.48 bits per heavy atom. The average Bonchev–Trinajstić information content (AvgIpc) is 3.03. The minimum atomic E-state index is -0.624. The van der Waals surface area contributed by atoms with Crippen molar-refractivity contribution in [1.29, 1.82) is 0 Å². The maximum Gasteiger partial charge on any atom is 0.153 e. The summed E-state index contributed by atoms with van der Waals surface area (Å²) in [7, 11) is 0. The van der Waals surface area contributed by atoms with E-state index in [0.717, 1.165) is 5.69 Å². The quantitative estimate of drug-likeness (QED) is 0.719. The van der Waals surface area contributed by atoms with Crippen molar-refractivity contribution in [1.82, 2.24) is 9.97 Å². The molecule has 0 aliphatic rings. The molecule has 0 aliphatic carbocycles. The normalized spacial score (nSPS) is 10.9. The largest absolute Gasteiger partial charge is 0.345 e. The van der Waals surface area contributed by atoms with Crippen LogP contribution in [-0.4, -0.2) is 22.5 Å². The topological polar surface area (TPSA) is 62.8 Å². The molecule has 0 amide bonds. The number of nitrogens with zero attached hydrogens (tertiary/aromatic N) is 1. The zero-order valence-electron chi connectivity index (χ0n) is 13.3. The van der Waals surface area contributed by atoms with Crippen LogP contribution < -0.4 is 0 Å². The number of halogens is 2. The Morgan fingerprint density at radius 3 is 1.88 bits per heavy atom. The molecule has 126 valence electrons. The van der Waals surface area contributed by atoms with Crippen LogP contribution in [0.3, 0.4) is 0 Å². The molecule has 6 heteroatoms. The summed E-state index contributed by atoms with van der Waals surface area (Å²) in [5.41, 5.74) is 1.85. The van der Waals surface area contributed by atoms with Gasteiger partial charge in [-0.2, -0.15) is 0 Å². The highest BCUT2D eigenvalue weighted by Crippen LogP contribution is 2.32. The second-order valence-corrected chi connectivity index (χ2v) is 5.68. The van der Waals surface area contributed by atoms with E-state index >= 15 is 0 Å². The van der Waals surface area contributed by atoms with Crippen molar-refractivity contribution in [2.24, 2.45) is 0 Å². The molecule has 0 atom stereocenters. The van der Waals surface area contributed by atoms with Crippen LogP contribution in [0, 0.1) is 18.6 Å². The molecule has 1 aromatic heterocycles.